The summed E-state index contributed by atoms with van der Waals surface area (Å²) in [5, 5.41) is 0. The molecule has 1 fully saturated rings. The molecule has 0 radical (unpaired) electrons. The van der Waals surface area contributed by atoms with Crippen LogP contribution in [0.25, 0.3) is 0 Å². The topological polar surface area (TPSA) is 46.6 Å². The summed E-state index contributed by atoms with van der Waals surface area (Å²) in [6, 6.07) is 7.42. The van der Waals surface area contributed by atoms with E-state index in [0.29, 0.717) is 26.0 Å². The maximum absolute atomic E-state index is 11.3. The Labute approximate surface area is 108 Å². The van der Waals surface area contributed by atoms with Crippen LogP contribution in [0, 0.1) is 0 Å². The molecule has 0 aliphatic carbocycles. The van der Waals surface area contributed by atoms with Crippen LogP contribution in [-0.4, -0.2) is 29.9 Å². The van der Waals surface area contributed by atoms with Crippen LogP contribution in [0.5, 0.6) is 5.75 Å². The lowest BCUT2D eigenvalue weighted by Gasteiger charge is -2.14. The first-order valence-corrected chi connectivity index (χ1v) is 6.17. The third-order valence-electron chi connectivity index (χ3n) is 2.55. The molecule has 1 aliphatic rings. The molecule has 2 amide bonds. The fourth-order valence-corrected chi connectivity index (χ4v) is 1.92. The van der Waals surface area contributed by atoms with Crippen LogP contribution in [0.15, 0.2) is 28.7 Å². The molecule has 0 N–H and O–H groups in total. The number of halogens is 1. The number of amides is 2. The Morgan fingerprint density at radius 3 is 2.29 bits per heavy atom. The van der Waals surface area contributed by atoms with E-state index in [4.69, 9.17) is 4.74 Å². The quantitative estimate of drug-likeness (QED) is 0.799. The number of carbonyl (C=O) groups is 2. The van der Waals surface area contributed by atoms with Crippen molar-refractivity contribution in [2.45, 2.75) is 12.8 Å². The van der Waals surface area contributed by atoms with Gasteiger partial charge in [0.25, 0.3) is 0 Å². The average Bonchev–Trinajstić information content (AvgIpc) is 2.63. The summed E-state index contributed by atoms with van der Waals surface area (Å²) in [7, 11) is 0. The Balaban J connectivity index is 1.81. The predicted octanol–water partition coefficient (Wildman–Crippen LogP) is 1.98. The molecule has 0 bridgehead atoms. The molecule has 17 heavy (non-hydrogen) atoms. The summed E-state index contributed by atoms with van der Waals surface area (Å²) in [5.74, 6) is 0.524. The van der Waals surface area contributed by atoms with Crippen molar-refractivity contribution < 1.29 is 14.3 Å². The van der Waals surface area contributed by atoms with Crippen molar-refractivity contribution in [1.82, 2.24) is 4.90 Å². The van der Waals surface area contributed by atoms with Crippen LogP contribution in [0.1, 0.15) is 12.8 Å². The lowest BCUT2D eigenvalue weighted by Crippen LogP contribution is -2.33. The smallest absolute Gasteiger partial charge is 0.229 e. The molecule has 1 aliphatic heterocycles. The second kappa shape index (κ2) is 5.31. The van der Waals surface area contributed by atoms with Gasteiger partial charge in [-0.15, -0.1) is 0 Å². The number of nitrogens with zero attached hydrogens (tertiary/aromatic N) is 1. The SMILES string of the molecule is O=C1CCC(=O)N1CCOc1ccc(Br)cc1. The first kappa shape index (κ1) is 12.1. The van der Waals surface area contributed by atoms with Crippen molar-refractivity contribution in [3.05, 3.63) is 28.7 Å². The highest BCUT2D eigenvalue weighted by atomic mass is 79.9. The van der Waals surface area contributed by atoms with Crippen LogP contribution in [0.4, 0.5) is 0 Å². The highest BCUT2D eigenvalue weighted by molar-refractivity contribution is 9.10. The van der Waals surface area contributed by atoms with Gasteiger partial charge in [0.05, 0.1) is 6.54 Å². The maximum atomic E-state index is 11.3. The summed E-state index contributed by atoms with van der Waals surface area (Å²) in [6.07, 6.45) is 0.661. The lowest BCUT2D eigenvalue weighted by atomic mass is 10.3. The Hall–Kier alpha value is -1.36. The summed E-state index contributed by atoms with van der Waals surface area (Å²) >= 11 is 3.33. The minimum Gasteiger partial charge on any atom is -0.492 e. The van der Waals surface area contributed by atoms with Gasteiger partial charge < -0.3 is 4.74 Å². The van der Waals surface area contributed by atoms with Gasteiger partial charge in [-0.3, -0.25) is 14.5 Å². The van der Waals surface area contributed by atoms with E-state index in [0.717, 1.165) is 10.2 Å². The van der Waals surface area contributed by atoms with Gasteiger partial charge in [0.2, 0.25) is 11.8 Å². The van der Waals surface area contributed by atoms with Gasteiger partial charge >= 0.3 is 0 Å². The van der Waals surface area contributed by atoms with Crippen molar-refractivity contribution in [2.75, 3.05) is 13.2 Å². The van der Waals surface area contributed by atoms with Crippen LogP contribution in [0.2, 0.25) is 0 Å². The largest absolute Gasteiger partial charge is 0.492 e. The number of ether oxygens (including phenoxy) is 1. The number of benzene rings is 1. The standard InChI is InChI=1S/C12H12BrNO3/c13-9-1-3-10(4-2-9)17-8-7-14-11(15)5-6-12(14)16/h1-4H,5-8H2. The Kier molecular flexibility index (Phi) is 3.78. The van der Waals surface area contributed by atoms with Gasteiger partial charge in [-0.25, -0.2) is 0 Å². The van der Waals surface area contributed by atoms with E-state index in [1.54, 1.807) is 0 Å². The maximum Gasteiger partial charge on any atom is 0.229 e. The molecule has 0 saturated carbocycles. The number of rotatable bonds is 4. The van der Waals surface area contributed by atoms with Gasteiger partial charge in [0.15, 0.2) is 0 Å². The van der Waals surface area contributed by atoms with E-state index < -0.39 is 0 Å². The normalized spacial score (nSPS) is 15.5. The van der Waals surface area contributed by atoms with Crippen molar-refractivity contribution in [3.63, 3.8) is 0 Å². The van der Waals surface area contributed by atoms with Crippen molar-refractivity contribution in [2.24, 2.45) is 0 Å². The molecular weight excluding hydrogens is 286 g/mol. The molecule has 0 unspecified atom stereocenters. The molecule has 5 heteroatoms. The molecule has 0 aromatic heterocycles. The fourth-order valence-electron chi connectivity index (χ4n) is 1.66. The lowest BCUT2D eigenvalue weighted by molar-refractivity contribution is -0.138. The zero-order valence-electron chi connectivity index (χ0n) is 9.19. The minimum atomic E-state index is -0.102. The van der Waals surface area contributed by atoms with Gasteiger partial charge in [-0.05, 0) is 24.3 Å². The third kappa shape index (κ3) is 3.06. The van der Waals surface area contributed by atoms with Gasteiger partial charge in [0, 0.05) is 17.3 Å². The first-order valence-electron chi connectivity index (χ1n) is 5.38. The fraction of sp³-hybridized carbons (Fsp3) is 0.333. The molecule has 1 saturated heterocycles. The second-order valence-corrected chi connectivity index (χ2v) is 4.66. The van der Waals surface area contributed by atoms with Crippen molar-refractivity contribution in [3.8, 4) is 5.75 Å². The molecule has 1 aromatic rings. The minimum absolute atomic E-state index is 0.102. The summed E-state index contributed by atoms with van der Waals surface area (Å²) in [6.45, 7) is 0.660. The third-order valence-corrected chi connectivity index (χ3v) is 3.08. The van der Waals surface area contributed by atoms with E-state index >= 15 is 0 Å². The Morgan fingerprint density at radius 1 is 1.12 bits per heavy atom. The highest BCUT2D eigenvalue weighted by Gasteiger charge is 2.28. The number of imide groups is 1. The molecule has 4 nitrogen and oxygen atoms in total. The van der Waals surface area contributed by atoms with Gasteiger partial charge in [-0.1, -0.05) is 15.9 Å². The molecule has 90 valence electrons. The van der Waals surface area contributed by atoms with Crippen molar-refractivity contribution >= 4 is 27.7 Å². The van der Waals surface area contributed by atoms with E-state index in [-0.39, 0.29) is 11.8 Å². The van der Waals surface area contributed by atoms with E-state index in [2.05, 4.69) is 15.9 Å². The highest BCUT2D eigenvalue weighted by Crippen LogP contribution is 2.16. The Bertz CT molecular complexity index is 414. The predicted molar refractivity (Wildman–Crippen MR) is 65.6 cm³/mol. The van der Waals surface area contributed by atoms with Gasteiger partial charge in [-0.2, -0.15) is 0 Å². The number of hydrogen-bond donors (Lipinski definition) is 0. The summed E-state index contributed by atoms with van der Waals surface area (Å²) < 4.78 is 6.43. The molecule has 0 atom stereocenters. The average molecular weight is 298 g/mol. The number of likely N-dealkylation sites (tertiary alicyclic amines) is 1. The van der Waals surface area contributed by atoms with Crippen LogP contribution >= 0.6 is 15.9 Å². The molecule has 0 spiro atoms. The zero-order valence-corrected chi connectivity index (χ0v) is 10.8. The molecule has 1 aromatic carbocycles. The van der Waals surface area contributed by atoms with Crippen LogP contribution in [-0.2, 0) is 9.59 Å². The van der Waals surface area contributed by atoms with E-state index in [1.807, 2.05) is 24.3 Å². The van der Waals surface area contributed by atoms with Crippen molar-refractivity contribution in [1.29, 1.82) is 0 Å². The number of carbonyl (C=O) groups excluding carboxylic acids is 2. The first-order chi connectivity index (χ1) is 8.16. The van der Waals surface area contributed by atoms with E-state index in [9.17, 15) is 9.59 Å². The monoisotopic (exact) mass is 297 g/mol. The second-order valence-electron chi connectivity index (χ2n) is 3.74. The summed E-state index contributed by atoms with van der Waals surface area (Å²) in [4.78, 5) is 23.9. The van der Waals surface area contributed by atoms with E-state index in [1.165, 1.54) is 4.90 Å². The van der Waals surface area contributed by atoms with Gasteiger partial charge in [0.1, 0.15) is 12.4 Å². The Morgan fingerprint density at radius 2 is 1.71 bits per heavy atom. The molecular formula is C12H12BrNO3. The van der Waals surface area contributed by atoms with Crippen LogP contribution in [0.3, 0.4) is 0 Å². The number of hydrogen-bond acceptors (Lipinski definition) is 3. The van der Waals surface area contributed by atoms with Crippen LogP contribution < -0.4 is 4.74 Å². The zero-order chi connectivity index (χ0) is 12.3. The summed E-state index contributed by atoms with van der Waals surface area (Å²) in [5.41, 5.74) is 0. The molecule has 1 heterocycles. The molecule has 2 rings (SSSR count).